The van der Waals surface area contributed by atoms with E-state index in [4.69, 9.17) is 0 Å². The molecule has 2 heterocycles. The van der Waals surface area contributed by atoms with E-state index in [1.807, 2.05) is 20.2 Å². The van der Waals surface area contributed by atoms with Crippen LogP contribution in [0.15, 0.2) is 6.20 Å². The maximum Gasteiger partial charge on any atom is 0.239 e. The molecule has 0 aromatic carbocycles. The van der Waals surface area contributed by atoms with E-state index < -0.39 is 0 Å². The highest BCUT2D eigenvalue weighted by molar-refractivity contribution is 7.11. The summed E-state index contributed by atoms with van der Waals surface area (Å²) in [5.74, 6) is 0.205. The Morgan fingerprint density at radius 1 is 1.73 bits per heavy atom. The van der Waals surface area contributed by atoms with Crippen molar-refractivity contribution in [2.24, 2.45) is 0 Å². The van der Waals surface area contributed by atoms with Crippen molar-refractivity contribution in [2.75, 3.05) is 13.6 Å². The Labute approximate surface area is 93.3 Å². The topological polar surface area (TPSA) is 45.2 Å². The van der Waals surface area contributed by atoms with Crippen LogP contribution in [0.25, 0.3) is 0 Å². The molecule has 15 heavy (non-hydrogen) atoms. The van der Waals surface area contributed by atoms with Gasteiger partial charge < -0.3 is 10.2 Å². The van der Waals surface area contributed by atoms with Crippen LogP contribution in [-0.2, 0) is 11.3 Å². The molecule has 1 saturated heterocycles. The number of hydrogen-bond acceptors (Lipinski definition) is 4. The maximum atomic E-state index is 11.6. The molecule has 1 fully saturated rings. The molecule has 4 nitrogen and oxygen atoms in total. The van der Waals surface area contributed by atoms with Gasteiger partial charge in [-0.05, 0) is 13.3 Å². The fourth-order valence-corrected chi connectivity index (χ4v) is 2.47. The Bertz CT molecular complexity index is 363. The van der Waals surface area contributed by atoms with E-state index in [-0.39, 0.29) is 11.9 Å². The van der Waals surface area contributed by atoms with Crippen molar-refractivity contribution in [3.63, 3.8) is 0 Å². The van der Waals surface area contributed by atoms with Gasteiger partial charge in [0.15, 0.2) is 0 Å². The largest absolute Gasteiger partial charge is 0.344 e. The number of aromatic nitrogens is 1. The number of nitrogens with zero attached hydrogens (tertiary/aromatic N) is 2. The first-order valence-electron chi connectivity index (χ1n) is 5.06. The molecule has 0 saturated carbocycles. The van der Waals surface area contributed by atoms with E-state index in [1.165, 1.54) is 4.88 Å². The molecule has 1 atom stereocenters. The Kier molecular flexibility index (Phi) is 3.02. The molecule has 82 valence electrons. The number of thiazole rings is 1. The summed E-state index contributed by atoms with van der Waals surface area (Å²) in [5.41, 5.74) is 0. The van der Waals surface area contributed by atoms with Gasteiger partial charge in [-0.15, -0.1) is 11.3 Å². The predicted molar refractivity (Wildman–Crippen MR) is 59.7 cm³/mol. The highest BCUT2D eigenvalue weighted by atomic mass is 32.1. The molecule has 1 N–H and O–H groups in total. The van der Waals surface area contributed by atoms with Gasteiger partial charge in [-0.25, -0.2) is 4.98 Å². The molecule has 1 aromatic heterocycles. The third kappa shape index (κ3) is 2.35. The number of likely N-dealkylation sites (N-methyl/N-ethyl adjacent to an activating group) is 1. The fourth-order valence-electron chi connectivity index (χ4n) is 1.72. The third-order valence-corrected chi connectivity index (χ3v) is 3.53. The van der Waals surface area contributed by atoms with Gasteiger partial charge in [-0.1, -0.05) is 0 Å². The molecule has 0 aliphatic carbocycles. The van der Waals surface area contributed by atoms with Gasteiger partial charge in [-0.3, -0.25) is 4.79 Å². The van der Waals surface area contributed by atoms with Crippen molar-refractivity contribution in [3.8, 4) is 0 Å². The average Bonchev–Trinajstić information content (AvgIpc) is 2.74. The van der Waals surface area contributed by atoms with Crippen LogP contribution in [0.3, 0.4) is 0 Å². The summed E-state index contributed by atoms with van der Waals surface area (Å²) in [7, 11) is 1.85. The van der Waals surface area contributed by atoms with Crippen LogP contribution in [0.1, 0.15) is 16.3 Å². The highest BCUT2D eigenvalue weighted by Crippen LogP contribution is 2.13. The van der Waals surface area contributed by atoms with Crippen LogP contribution >= 0.6 is 11.3 Å². The summed E-state index contributed by atoms with van der Waals surface area (Å²) in [6.07, 6.45) is 2.78. The first-order chi connectivity index (χ1) is 7.16. The maximum absolute atomic E-state index is 11.6. The van der Waals surface area contributed by atoms with Gasteiger partial charge in [0, 0.05) is 31.2 Å². The first-order valence-corrected chi connectivity index (χ1v) is 5.88. The van der Waals surface area contributed by atoms with E-state index >= 15 is 0 Å². The number of carbonyl (C=O) groups excluding carboxylic acids is 1. The summed E-state index contributed by atoms with van der Waals surface area (Å²) in [5, 5.41) is 4.34. The lowest BCUT2D eigenvalue weighted by Crippen LogP contribution is -2.36. The van der Waals surface area contributed by atoms with Crippen molar-refractivity contribution in [2.45, 2.75) is 25.9 Å². The van der Waals surface area contributed by atoms with E-state index in [1.54, 1.807) is 16.2 Å². The lowest BCUT2D eigenvalue weighted by molar-refractivity contribution is -0.128. The molecule has 0 radical (unpaired) electrons. The van der Waals surface area contributed by atoms with Gasteiger partial charge in [0.05, 0.1) is 11.0 Å². The molecule has 0 bridgehead atoms. The summed E-state index contributed by atoms with van der Waals surface area (Å²) in [6, 6.07) is -0.00240. The smallest absolute Gasteiger partial charge is 0.239 e. The predicted octanol–water partition coefficient (Wildman–Crippen LogP) is 0.772. The van der Waals surface area contributed by atoms with Crippen LogP contribution in [0.4, 0.5) is 0 Å². The van der Waals surface area contributed by atoms with E-state index in [0.717, 1.165) is 24.5 Å². The molecule has 2 rings (SSSR count). The Morgan fingerprint density at radius 3 is 3.07 bits per heavy atom. The van der Waals surface area contributed by atoms with E-state index in [9.17, 15) is 4.79 Å². The third-order valence-electron chi connectivity index (χ3n) is 2.62. The minimum atomic E-state index is -0.00240. The van der Waals surface area contributed by atoms with Crippen molar-refractivity contribution in [3.05, 3.63) is 16.1 Å². The van der Waals surface area contributed by atoms with Gasteiger partial charge >= 0.3 is 0 Å². The zero-order chi connectivity index (χ0) is 10.8. The van der Waals surface area contributed by atoms with E-state index in [2.05, 4.69) is 10.3 Å². The number of likely N-dealkylation sites (tertiary alicyclic amines) is 1. The quantitative estimate of drug-likeness (QED) is 0.826. The second-order valence-corrected chi connectivity index (χ2v) is 5.15. The van der Waals surface area contributed by atoms with Crippen LogP contribution in [0.2, 0.25) is 0 Å². The van der Waals surface area contributed by atoms with E-state index in [0.29, 0.717) is 0 Å². The zero-order valence-electron chi connectivity index (χ0n) is 8.99. The normalized spacial score (nSPS) is 21.3. The van der Waals surface area contributed by atoms with Gasteiger partial charge in [0.25, 0.3) is 0 Å². The molecule has 1 aliphatic heterocycles. The fraction of sp³-hybridized carbons (Fsp3) is 0.600. The number of nitrogens with one attached hydrogen (secondary N) is 1. The minimum Gasteiger partial charge on any atom is -0.344 e. The van der Waals surface area contributed by atoms with Crippen molar-refractivity contribution in [1.82, 2.24) is 15.2 Å². The summed E-state index contributed by atoms with van der Waals surface area (Å²) >= 11 is 1.67. The SMILES string of the molecule is Cc1ncc(CNC2CCN(C)C2=O)s1. The van der Waals surface area contributed by atoms with Crippen LogP contribution < -0.4 is 5.32 Å². The Morgan fingerprint density at radius 2 is 2.53 bits per heavy atom. The Balaban J connectivity index is 1.86. The second-order valence-electron chi connectivity index (χ2n) is 3.83. The second kappa shape index (κ2) is 4.28. The number of hydrogen-bond donors (Lipinski definition) is 1. The number of aryl methyl sites for hydroxylation is 1. The van der Waals surface area contributed by atoms with Crippen molar-refractivity contribution in [1.29, 1.82) is 0 Å². The zero-order valence-corrected chi connectivity index (χ0v) is 9.80. The lowest BCUT2D eigenvalue weighted by atomic mass is 10.2. The van der Waals surface area contributed by atoms with Crippen molar-refractivity contribution >= 4 is 17.2 Å². The summed E-state index contributed by atoms with van der Waals surface area (Å²) in [4.78, 5) is 18.7. The molecular weight excluding hydrogens is 210 g/mol. The lowest BCUT2D eigenvalue weighted by Gasteiger charge is -2.10. The molecule has 1 aromatic rings. The Hall–Kier alpha value is -0.940. The summed E-state index contributed by atoms with van der Waals surface area (Å²) in [6.45, 7) is 3.59. The van der Waals surface area contributed by atoms with Crippen LogP contribution in [-0.4, -0.2) is 35.4 Å². The first kappa shape index (κ1) is 10.6. The molecule has 1 aliphatic rings. The minimum absolute atomic E-state index is 0.00240. The monoisotopic (exact) mass is 225 g/mol. The molecule has 1 unspecified atom stereocenters. The molecular formula is C10H15N3OS. The van der Waals surface area contributed by atoms with Crippen molar-refractivity contribution < 1.29 is 4.79 Å². The van der Waals surface area contributed by atoms with Gasteiger partial charge in [-0.2, -0.15) is 0 Å². The van der Waals surface area contributed by atoms with Crippen LogP contribution in [0, 0.1) is 6.92 Å². The molecule has 1 amide bonds. The average molecular weight is 225 g/mol. The number of rotatable bonds is 3. The molecule has 0 spiro atoms. The van der Waals surface area contributed by atoms with Gasteiger partial charge in [0.1, 0.15) is 0 Å². The molecule has 5 heteroatoms. The summed E-state index contributed by atoms with van der Waals surface area (Å²) < 4.78 is 0. The highest BCUT2D eigenvalue weighted by Gasteiger charge is 2.28. The number of carbonyl (C=O) groups is 1. The van der Waals surface area contributed by atoms with Crippen LogP contribution in [0.5, 0.6) is 0 Å². The standard InChI is InChI=1S/C10H15N3OS/c1-7-11-5-8(15-7)6-12-9-3-4-13(2)10(9)14/h5,9,12H,3-4,6H2,1-2H3. The van der Waals surface area contributed by atoms with Gasteiger partial charge in [0.2, 0.25) is 5.91 Å². The number of amides is 1.